The standard InChI is InChI=1S/C8H10.C4H12N2.C2H6/c1-2-8-6-4-3-5-7-8;1-4-5-6(2)3;1-2/h3-7H,2H2,1H3;5H,4H2,1-3H3;1-2H3. The van der Waals surface area contributed by atoms with E-state index in [4.69, 9.17) is 0 Å². The number of hydrogen-bond acceptors (Lipinski definition) is 2. The maximum atomic E-state index is 3.04. The average Bonchev–Trinajstić information content (AvgIpc) is 2.33. The first-order valence-corrected chi connectivity index (χ1v) is 6.15. The molecule has 0 saturated heterocycles. The van der Waals surface area contributed by atoms with Crippen LogP contribution in [0.3, 0.4) is 0 Å². The van der Waals surface area contributed by atoms with E-state index in [1.165, 1.54) is 5.56 Å². The molecule has 0 saturated carbocycles. The Labute approximate surface area is 102 Å². The van der Waals surface area contributed by atoms with E-state index in [1.54, 1.807) is 0 Å². The molecule has 0 aliphatic rings. The highest BCUT2D eigenvalue weighted by Gasteiger charge is 1.80. The summed E-state index contributed by atoms with van der Waals surface area (Å²) in [6.45, 7) is 9.24. The molecular weight excluding hydrogens is 196 g/mol. The summed E-state index contributed by atoms with van der Waals surface area (Å²) < 4.78 is 0. The van der Waals surface area contributed by atoms with Crippen molar-refractivity contribution in [1.29, 1.82) is 0 Å². The van der Waals surface area contributed by atoms with Crippen molar-refractivity contribution >= 4 is 0 Å². The van der Waals surface area contributed by atoms with Crippen LogP contribution in [0.2, 0.25) is 0 Å². The summed E-state index contributed by atoms with van der Waals surface area (Å²) >= 11 is 0. The van der Waals surface area contributed by atoms with Gasteiger partial charge in [0.1, 0.15) is 0 Å². The van der Waals surface area contributed by atoms with Gasteiger partial charge in [-0.1, -0.05) is 58.0 Å². The Morgan fingerprint density at radius 1 is 1.00 bits per heavy atom. The lowest BCUT2D eigenvalue weighted by Gasteiger charge is -2.07. The molecule has 2 heteroatoms. The van der Waals surface area contributed by atoms with E-state index in [2.05, 4.69) is 43.5 Å². The molecular formula is C14H28N2. The minimum Gasteiger partial charge on any atom is -0.256 e. The van der Waals surface area contributed by atoms with Gasteiger partial charge in [0.25, 0.3) is 0 Å². The summed E-state index contributed by atoms with van der Waals surface area (Å²) in [6.07, 6.45) is 1.14. The Balaban J connectivity index is 0. The van der Waals surface area contributed by atoms with Crippen LogP contribution in [0.4, 0.5) is 0 Å². The third-order valence-corrected chi connectivity index (χ3v) is 1.73. The van der Waals surface area contributed by atoms with Gasteiger partial charge < -0.3 is 0 Å². The molecule has 1 aromatic rings. The molecule has 1 rings (SSSR count). The normalized spacial score (nSPS) is 8.69. The minimum atomic E-state index is 1.01. The fourth-order valence-corrected chi connectivity index (χ4v) is 1.03. The minimum absolute atomic E-state index is 1.01. The summed E-state index contributed by atoms with van der Waals surface area (Å²) in [5.41, 5.74) is 4.45. The second-order valence-electron chi connectivity index (χ2n) is 3.25. The molecule has 0 bridgehead atoms. The summed E-state index contributed by atoms with van der Waals surface area (Å²) in [6, 6.07) is 10.5. The molecule has 0 aromatic heterocycles. The van der Waals surface area contributed by atoms with E-state index in [0.717, 1.165) is 13.0 Å². The zero-order valence-electron chi connectivity index (χ0n) is 11.7. The van der Waals surface area contributed by atoms with Crippen LogP contribution in [0.5, 0.6) is 0 Å². The van der Waals surface area contributed by atoms with Gasteiger partial charge in [0.15, 0.2) is 0 Å². The smallest absolute Gasteiger partial charge is 0.00735 e. The van der Waals surface area contributed by atoms with Gasteiger partial charge in [0, 0.05) is 20.6 Å². The second kappa shape index (κ2) is 14.1. The molecule has 1 N–H and O–H groups in total. The van der Waals surface area contributed by atoms with Crippen molar-refractivity contribution in [2.24, 2.45) is 0 Å². The predicted octanol–water partition coefficient (Wildman–Crippen LogP) is 3.35. The fraction of sp³-hybridized carbons (Fsp3) is 0.571. The molecule has 0 aliphatic carbocycles. The largest absolute Gasteiger partial charge is 0.256 e. The third-order valence-electron chi connectivity index (χ3n) is 1.73. The first-order chi connectivity index (χ1) is 7.70. The Kier molecular flexibility index (Phi) is 15.5. The van der Waals surface area contributed by atoms with Crippen molar-refractivity contribution in [3.63, 3.8) is 0 Å². The highest BCUT2D eigenvalue weighted by Crippen LogP contribution is 1.96. The maximum absolute atomic E-state index is 3.04. The quantitative estimate of drug-likeness (QED) is 0.792. The number of hydrogen-bond donors (Lipinski definition) is 1. The first kappa shape index (κ1) is 17.5. The predicted molar refractivity (Wildman–Crippen MR) is 74.5 cm³/mol. The Hall–Kier alpha value is -0.860. The molecule has 0 unspecified atom stereocenters. The van der Waals surface area contributed by atoms with Crippen LogP contribution in [-0.4, -0.2) is 25.6 Å². The van der Waals surface area contributed by atoms with Crippen LogP contribution < -0.4 is 5.43 Å². The average molecular weight is 224 g/mol. The SMILES string of the molecule is CC.CCNN(C)C.CCc1ccccc1. The zero-order chi connectivity index (χ0) is 12.8. The number of nitrogens with zero attached hydrogens (tertiary/aromatic N) is 1. The topological polar surface area (TPSA) is 15.3 Å². The Morgan fingerprint density at radius 3 is 1.69 bits per heavy atom. The third kappa shape index (κ3) is 13.1. The molecule has 94 valence electrons. The van der Waals surface area contributed by atoms with Crippen molar-refractivity contribution in [3.05, 3.63) is 35.9 Å². The van der Waals surface area contributed by atoms with Crippen LogP contribution in [0, 0.1) is 0 Å². The Morgan fingerprint density at radius 2 is 1.50 bits per heavy atom. The molecule has 0 heterocycles. The molecule has 0 fully saturated rings. The van der Waals surface area contributed by atoms with Crippen LogP contribution in [0.1, 0.15) is 33.3 Å². The lowest BCUT2D eigenvalue weighted by molar-refractivity contribution is 0.299. The van der Waals surface area contributed by atoms with Gasteiger partial charge in [0.2, 0.25) is 0 Å². The van der Waals surface area contributed by atoms with Crippen LogP contribution >= 0.6 is 0 Å². The van der Waals surface area contributed by atoms with Crippen molar-refractivity contribution in [2.45, 2.75) is 34.1 Å². The van der Waals surface area contributed by atoms with Crippen LogP contribution in [-0.2, 0) is 6.42 Å². The van der Waals surface area contributed by atoms with E-state index in [-0.39, 0.29) is 0 Å². The van der Waals surface area contributed by atoms with Crippen LogP contribution in [0.15, 0.2) is 30.3 Å². The summed E-state index contributed by atoms with van der Waals surface area (Å²) in [7, 11) is 3.95. The van der Waals surface area contributed by atoms with Gasteiger partial charge in [-0.2, -0.15) is 0 Å². The first-order valence-electron chi connectivity index (χ1n) is 6.15. The summed E-state index contributed by atoms with van der Waals surface area (Å²) in [5.74, 6) is 0. The molecule has 0 atom stereocenters. The van der Waals surface area contributed by atoms with Crippen molar-refractivity contribution in [2.75, 3.05) is 20.6 Å². The maximum Gasteiger partial charge on any atom is 0.00735 e. The number of aryl methyl sites for hydroxylation is 1. The lowest BCUT2D eigenvalue weighted by Crippen LogP contribution is -2.29. The zero-order valence-corrected chi connectivity index (χ0v) is 11.7. The molecule has 0 spiro atoms. The van der Waals surface area contributed by atoms with Gasteiger partial charge in [-0.15, -0.1) is 0 Å². The molecule has 16 heavy (non-hydrogen) atoms. The second-order valence-corrected chi connectivity index (χ2v) is 3.25. The highest BCUT2D eigenvalue weighted by molar-refractivity contribution is 5.13. The van der Waals surface area contributed by atoms with Crippen molar-refractivity contribution in [1.82, 2.24) is 10.4 Å². The van der Waals surface area contributed by atoms with Gasteiger partial charge in [-0.05, 0) is 12.0 Å². The van der Waals surface area contributed by atoms with Crippen LogP contribution in [0.25, 0.3) is 0 Å². The molecule has 2 nitrogen and oxygen atoms in total. The number of rotatable bonds is 3. The number of nitrogens with one attached hydrogen (secondary N) is 1. The van der Waals surface area contributed by atoms with E-state index in [9.17, 15) is 0 Å². The van der Waals surface area contributed by atoms with E-state index in [1.807, 2.05) is 39.0 Å². The highest BCUT2D eigenvalue weighted by atomic mass is 15.5. The monoisotopic (exact) mass is 224 g/mol. The van der Waals surface area contributed by atoms with E-state index >= 15 is 0 Å². The van der Waals surface area contributed by atoms with Gasteiger partial charge in [-0.25, -0.2) is 0 Å². The summed E-state index contributed by atoms with van der Waals surface area (Å²) in [5, 5.41) is 1.93. The van der Waals surface area contributed by atoms with Crippen molar-refractivity contribution < 1.29 is 0 Å². The Bertz CT molecular complexity index is 207. The lowest BCUT2D eigenvalue weighted by atomic mass is 10.2. The number of benzene rings is 1. The molecule has 0 amide bonds. The molecule has 1 aromatic carbocycles. The molecule has 0 aliphatic heterocycles. The van der Waals surface area contributed by atoms with Crippen molar-refractivity contribution in [3.8, 4) is 0 Å². The van der Waals surface area contributed by atoms with E-state index < -0.39 is 0 Å². The summed E-state index contributed by atoms with van der Waals surface area (Å²) in [4.78, 5) is 0. The fourth-order valence-electron chi connectivity index (χ4n) is 1.03. The van der Waals surface area contributed by atoms with Gasteiger partial charge in [-0.3, -0.25) is 10.4 Å². The van der Waals surface area contributed by atoms with Gasteiger partial charge >= 0.3 is 0 Å². The van der Waals surface area contributed by atoms with Gasteiger partial charge in [0.05, 0.1) is 0 Å². The number of hydrazine groups is 1. The molecule has 0 radical (unpaired) electrons. The van der Waals surface area contributed by atoms with E-state index in [0.29, 0.717) is 0 Å².